The second-order valence-electron chi connectivity index (χ2n) is 6.84. The van der Waals surface area contributed by atoms with Crippen molar-refractivity contribution >= 4 is 11.3 Å². The lowest BCUT2D eigenvalue weighted by Crippen LogP contribution is -2.39. The van der Waals surface area contributed by atoms with Crippen LogP contribution in [0.4, 0.5) is 0 Å². The lowest BCUT2D eigenvalue weighted by molar-refractivity contribution is 0.142. The van der Waals surface area contributed by atoms with E-state index in [9.17, 15) is 0 Å². The molecule has 118 valence electrons. The summed E-state index contributed by atoms with van der Waals surface area (Å²) in [6.07, 6.45) is 5.50. The Hall–Kier alpha value is -1.17. The highest BCUT2D eigenvalue weighted by Crippen LogP contribution is 2.32. The van der Waals surface area contributed by atoms with E-state index in [1.807, 2.05) is 29.3 Å². The Morgan fingerprint density at radius 1 is 1.18 bits per heavy atom. The van der Waals surface area contributed by atoms with Gasteiger partial charge >= 0.3 is 0 Å². The van der Waals surface area contributed by atoms with Gasteiger partial charge in [0.2, 0.25) is 0 Å². The fraction of sp³-hybridized carbons (Fsp3) is 0.588. The Balaban J connectivity index is 1.33. The van der Waals surface area contributed by atoms with Crippen LogP contribution in [-0.2, 0) is 20.1 Å². The average Bonchev–Trinajstić information content (AvgIpc) is 3.20. The Morgan fingerprint density at radius 3 is 2.82 bits per heavy atom. The van der Waals surface area contributed by atoms with E-state index in [0.717, 1.165) is 24.9 Å². The highest BCUT2D eigenvalue weighted by atomic mass is 32.1. The summed E-state index contributed by atoms with van der Waals surface area (Å²) in [6, 6.07) is 4.43. The van der Waals surface area contributed by atoms with Crippen molar-refractivity contribution in [3.05, 3.63) is 40.3 Å². The van der Waals surface area contributed by atoms with Crippen molar-refractivity contribution in [2.75, 3.05) is 26.2 Å². The molecule has 2 saturated heterocycles. The van der Waals surface area contributed by atoms with Gasteiger partial charge in [-0.15, -0.1) is 11.3 Å². The van der Waals surface area contributed by atoms with Gasteiger partial charge in [0.15, 0.2) is 0 Å². The first-order valence-electron chi connectivity index (χ1n) is 8.21. The van der Waals surface area contributed by atoms with Crippen molar-refractivity contribution in [1.82, 2.24) is 19.6 Å². The number of fused-ring (bicyclic) bond motifs is 1. The van der Waals surface area contributed by atoms with Crippen molar-refractivity contribution in [3.8, 4) is 0 Å². The fourth-order valence-electron chi connectivity index (χ4n) is 4.05. The molecule has 0 N–H and O–H groups in total. The third kappa shape index (κ3) is 3.12. The molecule has 0 radical (unpaired) electrons. The molecule has 4 nitrogen and oxygen atoms in total. The summed E-state index contributed by atoms with van der Waals surface area (Å²) in [6.45, 7) is 7.26. The molecule has 0 spiro atoms. The van der Waals surface area contributed by atoms with Crippen LogP contribution in [0.2, 0.25) is 0 Å². The molecule has 2 aliphatic heterocycles. The van der Waals surface area contributed by atoms with E-state index in [-0.39, 0.29) is 0 Å². The van der Waals surface area contributed by atoms with Crippen molar-refractivity contribution in [2.45, 2.75) is 19.5 Å². The van der Waals surface area contributed by atoms with E-state index in [1.54, 1.807) is 0 Å². The predicted octanol–water partition coefficient (Wildman–Crippen LogP) is 2.44. The summed E-state index contributed by atoms with van der Waals surface area (Å²) in [5.41, 5.74) is 1.34. The van der Waals surface area contributed by atoms with Crippen LogP contribution in [-0.4, -0.2) is 45.8 Å². The zero-order valence-corrected chi connectivity index (χ0v) is 14.0. The van der Waals surface area contributed by atoms with Gasteiger partial charge in [0.05, 0.1) is 6.20 Å². The molecular weight excluding hydrogens is 292 g/mol. The Bertz CT molecular complexity index is 606. The number of hydrogen-bond donors (Lipinski definition) is 0. The molecule has 4 rings (SSSR count). The van der Waals surface area contributed by atoms with Crippen LogP contribution >= 0.6 is 11.3 Å². The number of thiophene rings is 1. The number of nitrogens with zero attached hydrogens (tertiary/aromatic N) is 4. The molecule has 0 saturated carbocycles. The average molecular weight is 316 g/mol. The van der Waals surface area contributed by atoms with Gasteiger partial charge in [0.1, 0.15) is 0 Å². The Kier molecular flexibility index (Phi) is 4.03. The van der Waals surface area contributed by atoms with Crippen LogP contribution in [0, 0.1) is 11.8 Å². The minimum atomic E-state index is 0.852. The quantitative estimate of drug-likeness (QED) is 0.866. The largest absolute Gasteiger partial charge is 0.299 e. The first kappa shape index (κ1) is 14.4. The maximum absolute atomic E-state index is 4.29. The normalized spacial score (nSPS) is 26.4. The van der Waals surface area contributed by atoms with Crippen LogP contribution in [0.5, 0.6) is 0 Å². The van der Waals surface area contributed by atoms with Crippen molar-refractivity contribution in [2.24, 2.45) is 18.9 Å². The number of likely N-dealkylation sites (tertiary alicyclic amines) is 2. The van der Waals surface area contributed by atoms with Crippen LogP contribution in [0.3, 0.4) is 0 Å². The first-order valence-corrected chi connectivity index (χ1v) is 9.09. The standard InChI is InChI=1S/C17H24N4S/c1-19-8-14(7-18-19)9-20-5-4-15-10-21(12-16(15)11-20)13-17-3-2-6-22-17/h2-3,6-8,15-16H,4-5,9-13H2,1H3/t15-,16+/m0/s1. The van der Waals surface area contributed by atoms with Gasteiger partial charge < -0.3 is 0 Å². The monoisotopic (exact) mass is 316 g/mol. The van der Waals surface area contributed by atoms with Gasteiger partial charge in [-0.3, -0.25) is 14.5 Å². The van der Waals surface area contributed by atoms with Crippen LogP contribution in [0.25, 0.3) is 0 Å². The highest BCUT2D eigenvalue weighted by Gasteiger charge is 2.36. The summed E-state index contributed by atoms with van der Waals surface area (Å²) in [4.78, 5) is 6.78. The minimum Gasteiger partial charge on any atom is -0.299 e. The van der Waals surface area contributed by atoms with E-state index < -0.39 is 0 Å². The highest BCUT2D eigenvalue weighted by molar-refractivity contribution is 7.09. The topological polar surface area (TPSA) is 24.3 Å². The lowest BCUT2D eigenvalue weighted by Gasteiger charge is -2.34. The smallest absolute Gasteiger partial charge is 0.0534 e. The van der Waals surface area contributed by atoms with Crippen molar-refractivity contribution in [3.63, 3.8) is 0 Å². The summed E-state index contributed by atoms with van der Waals surface area (Å²) < 4.78 is 1.90. The molecule has 4 heterocycles. The van der Waals surface area contributed by atoms with E-state index in [0.29, 0.717) is 0 Å². The zero-order valence-electron chi connectivity index (χ0n) is 13.2. The van der Waals surface area contributed by atoms with E-state index in [1.165, 1.54) is 43.0 Å². The van der Waals surface area contributed by atoms with Gasteiger partial charge in [-0.2, -0.15) is 5.10 Å². The Labute approximate surface area is 136 Å². The van der Waals surface area contributed by atoms with Crippen molar-refractivity contribution < 1.29 is 0 Å². The van der Waals surface area contributed by atoms with Crippen LogP contribution in [0.1, 0.15) is 16.9 Å². The maximum Gasteiger partial charge on any atom is 0.0534 e. The summed E-state index contributed by atoms with van der Waals surface area (Å²) >= 11 is 1.89. The van der Waals surface area contributed by atoms with E-state index in [4.69, 9.17) is 0 Å². The molecule has 2 aliphatic rings. The molecule has 0 aromatic carbocycles. The minimum absolute atomic E-state index is 0.852. The van der Waals surface area contributed by atoms with Gasteiger partial charge in [-0.1, -0.05) is 6.07 Å². The number of piperidine rings is 1. The molecule has 0 unspecified atom stereocenters. The van der Waals surface area contributed by atoms with E-state index >= 15 is 0 Å². The number of hydrogen-bond acceptors (Lipinski definition) is 4. The summed E-state index contributed by atoms with van der Waals surface area (Å²) in [5, 5.41) is 6.47. The summed E-state index contributed by atoms with van der Waals surface area (Å²) in [7, 11) is 2.00. The molecule has 2 fully saturated rings. The molecule has 5 heteroatoms. The van der Waals surface area contributed by atoms with Gasteiger partial charge in [0, 0.05) is 56.4 Å². The molecule has 22 heavy (non-hydrogen) atoms. The zero-order chi connectivity index (χ0) is 14.9. The fourth-order valence-corrected chi connectivity index (χ4v) is 4.79. The van der Waals surface area contributed by atoms with Gasteiger partial charge in [0.25, 0.3) is 0 Å². The number of aryl methyl sites for hydroxylation is 1. The third-order valence-electron chi connectivity index (χ3n) is 5.08. The molecule has 0 aliphatic carbocycles. The lowest BCUT2D eigenvalue weighted by atomic mass is 9.88. The molecule has 2 aromatic heterocycles. The molecule has 2 aromatic rings. The van der Waals surface area contributed by atoms with Crippen molar-refractivity contribution in [1.29, 1.82) is 0 Å². The van der Waals surface area contributed by atoms with Crippen LogP contribution in [0.15, 0.2) is 29.9 Å². The predicted molar refractivity (Wildman–Crippen MR) is 89.7 cm³/mol. The van der Waals surface area contributed by atoms with E-state index in [2.05, 4.69) is 38.6 Å². The summed E-state index contributed by atoms with van der Waals surface area (Å²) in [5.74, 6) is 1.76. The second kappa shape index (κ2) is 6.14. The Morgan fingerprint density at radius 2 is 2.05 bits per heavy atom. The molecular formula is C17H24N4S. The SMILES string of the molecule is Cn1cc(CN2CC[C@H]3CN(Cc4cccs4)C[C@H]3C2)cn1. The third-order valence-corrected chi connectivity index (χ3v) is 5.95. The second-order valence-corrected chi connectivity index (χ2v) is 7.87. The number of aromatic nitrogens is 2. The molecule has 0 amide bonds. The van der Waals surface area contributed by atoms with Crippen LogP contribution < -0.4 is 0 Å². The van der Waals surface area contributed by atoms with Gasteiger partial charge in [-0.25, -0.2) is 0 Å². The number of rotatable bonds is 4. The first-order chi connectivity index (χ1) is 10.8. The maximum atomic E-state index is 4.29. The molecule has 2 atom stereocenters. The van der Waals surface area contributed by atoms with Gasteiger partial charge in [-0.05, 0) is 36.2 Å². The molecule has 0 bridgehead atoms.